The van der Waals surface area contributed by atoms with Crippen LogP contribution in [0, 0.1) is 5.92 Å². The lowest BCUT2D eigenvalue weighted by Crippen LogP contribution is -2.41. The van der Waals surface area contributed by atoms with E-state index >= 15 is 0 Å². The molecule has 1 aliphatic rings. The SMILES string of the molecule is CCC(=O)N1CCC(C(=O)n2ccc(C=Cc3cccs3)n2)CC1. The van der Waals surface area contributed by atoms with Gasteiger partial charge in [0.05, 0.1) is 5.69 Å². The molecule has 2 aromatic heterocycles. The van der Waals surface area contributed by atoms with E-state index in [1.807, 2.05) is 47.6 Å². The molecule has 1 amide bonds. The second-order valence-corrected chi connectivity index (χ2v) is 6.86. The lowest BCUT2D eigenvalue weighted by Gasteiger charge is -2.30. The monoisotopic (exact) mass is 343 g/mol. The second-order valence-electron chi connectivity index (χ2n) is 5.88. The maximum absolute atomic E-state index is 12.6. The maximum Gasteiger partial charge on any atom is 0.250 e. The summed E-state index contributed by atoms with van der Waals surface area (Å²) in [5.41, 5.74) is 0.773. The molecule has 1 saturated heterocycles. The van der Waals surface area contributed by atoms with Gasteiger partial charge in [0, 0.05) is 36.5 Å². The van der Waals surface area contributed by atoms with Crippen LogP contribution in [0.3, 0.4) is 0 Å². The van der Waals surface area contributed by atoms with Crippen LogP contribution < -0.4 is 0 Å². The summed E-state index contributed by atoms with van der Waals surface area (Å²) in [6.45, 7) is 3.19. The van der Waals surface area contributed by atoms with E-state index in [2.05, 4.69) is 5.10 Å². The predicted octanol–water partition coefficient (Wildman–Crippen LogP) is 3.40. The molecule has 6 heteroatoms. The molecule has 1 aliphatic heterocycles. The third-order valence-electron chi connectivity index (χ3n) is 4.30. The van der Waals surface area contributed by atoms with Gasteiger partial charge in [-0.2, -0.15) is 5.10 Å². The first-order chi connectivity index (χ1) is 11.7. The summed E-state index contributed by atoms with van der Waals surface area (Å²) in [6, 6.07) is 5.88. The Morgan fingerprint density at radius 2 is 2.08 bits per heavy atom. The Morgan fingerprint density at radius 1 is 1.29 bits per heavy atom. The van der Waals surface area contributed by atoms with Crippen LogP contribution >= 0.6 is 11.3 Å². The van der Waals surface area contributed by atoms with Gasteiger partial charge < -0.3 is 4.90 Å². The van der Waals surface area contributed by atoms with E-state index in [-0.39, 0.29) is 17.7 Å². The number of likely N-dealkylation sites (tertiary alicyclic amines) is 1. The summed E-state index contributed by atoms with van der Waals surface area (Å²) >= 11 is 1.66. The van der Waals surface area contributed by atoms with Crippen molar-refractivity contribution in [3.8, 4) is 0 Å². The number of amides is 1. The van der Waals surface area contributed by atoms with Gasteiger partial charge in [0.25, 0.3) is 0 Å². The van der Waals surface area contributed by atoms with Crippen LogP contribution in [0.25, 0.3) is 12.2 Å². The van der Waals surface area contributed by atoms with E-state index < -0.39 is 0 Å². The molecule has 0 unspecified atom stereocenters. The zero-order valence-corrected chi connectivity index (χ0v) is 14.5. The Balaban J connectivity index is 1.59. The summed E-state index contributed by atoms with van der Waals surface area (Å²) in [7, 11) is 0. The van der Waals surface area contributed by atoms with Gasteiger partial charge >= 0.3 is 0 Å². The Hall–Kier alpha value is -2.21. The number of carbonyl (C=O) groups is 2. The first kappa shape index (κ1) is 16.6. The molecule has 3 rings (SSSR count). The fraction of sp³-hybridized carbons (Fsp3) is 0.389. The first-order valence-corrected chi connectivity index (χ1v) is 9.14. The number of aromatic nitrogens is 2. The molecule has 2 aromatic rings. The third-order valence-corrected chi connectivity index (χ3v) is 5.13. The fourth-order valence-electron chi connectivity index (χ4n) is 2.89. The topological polar surface area (TPSA) is 55.2 Å². The molecule has 0 spiro atoms. The summed E-state index contributed by atoms with van der Waals surface area (Å²) in [5.74, 6) is 0.135. The van der Waals surface area contributed by atoms with Crippen molar-refractivity contribution in [1.82, 2.24) is 14.7 Å². The number of nitrogens with zero attached hydrogens (tertiary/aromatic N) is 3. The molecular weight excluding hydrogens is 322 g/mol. The third kappa shape index (κ3) is 3.82. The van der Waals surface area contributed by atoms with E-state index in [9.17, 15) is 9.59 Å². The molecule has 5 nitrogen and oxygen atoms in total. The summed E-state index contributed by atoms with van der Waals surface area (Å²) < 4.78 is 1.44. The van der Waals surface area contributed by atoms with Gasteiger partial charge in [-0.25, -0.2) is 4.68 Å². The van der Waals surface area contributed by atoms with Gasteiger partial charge in [-0.15, -0.1) is 11.3 Å². The smallest absolute Gasteiger partial charge is 0.250 e. The second kappa shape index (κ2) is 7.57. The molecule has 0 aromatic carbocycles. The number of hydrogen-bond acceptors (Lipinski definition) is 4. The first-order valence-electron chi connectivity index (χ1n) is 8.26. The van der Waals surface area contributed by atoms with Gasteiger partial charge in [-0.3, -0.25) is 9.59 Å². The van der Waals surface area contributed by atoms with E-state index in [1.165, 1.54) is 4.68 Å². The van der Waals surface area contributed by atoms with Gasteiger partial charge in [0.15, 0.2) is 0 Å². The standard InChI is InChI=1S/C18H21N3O2S/c1-2-17(22)20-10-7-14(8-11-20)18(23)21-12-9-15(19-21)5-6-16-4-3-13-24-16/h3-6,9,12-14H,2,7-8,10-11H2,1H3. The van der Waals surface area contributed by atoms with Crippen LogP contribution in [0.5, 0.6) is 0 Å². The highest BCUT2D eigenvalue weighted by Crippen LogP contribution is 2.20. The number of rotatable bonds is 4. The Kier molecular flexibility index (Phi) is 5.25. The van der Waals surface area contributed by atoms with Crippen LogP contribution in [0.1, 0.15) is 41.6 Å². The molecule has 0 radical (unpaired) electrons. The van der Waals surface area contributed by atoms with Crippen molar-refractivity contribution in [3.63, 3.8) is 0 Å². The Labute approximate surface area is 145 Å². The van der Waals surface area contributed by atoms with Crippen LogP contribution in [-0.4, -0.2) is 39.6 Å². The predicted molar refractivity (Wildman–Crippen MR) is 95.7 cm³/mol. The van der Waals surface area contributed by atoms with Gasteiger partial charge in [-0.1, -0.05) is 13.0 Å². The average Bonchev–Trinajstić information content (AvgIpc) is 3.30. The van der Waals surface area contributed by atoms with Crippen molar-refractivity contribution in [2.45, 2.75) is 26.2 Å². The lowest BCUT2D eigenvalue weighted by atomic mass is 9.96. The molecule has 0 bridgehead atoms. The van der Waals surface area contributed by atoms with Gasteiger partial charge in [-0.05, 0) is 42.5 Å². The molecule has 3 heterocycles. The number of thiophene rings is 1. The summed E-state index contributed by atoms with van der Waals surface area (Å²) in [5, 5.41) is 6.38. The van der Waals surface area contributed by atoms with Crippen molar-refractivity contribution in [1.29, 1.82) is 0 Å². The zero-order chi connectivity index (χ0) is 16.9. The molecule has 24 heavy (non-hydrogen) atoms. The van der Waals surface area contributed by atoms with E-state index in [4.69, 9.17) is 0 Å². The maximum atomic E-state index is 12.6. The highest BCUT2D eigenvalue weighted by molar-refractivity contribution is 7.10. The molecule has 1 fully saturated rings. The number of piperidine rings is 1. The molecule has 0 N–H and O–H groups in total. The van der Waals surface area contributed by atoms with Gasteiger partial charge in [0.2, 0.25) is 11.8 Å². The van der Waals surface area contributed by atoms with E-state index in [0.29, 0.717) is 32.4 Å². The van der Waals surface area contributed by atoms with Crippen molar-refractivity contribution in [3.05, 3.63) is 40.3 Å². The van der Waals surface area contributed by atoms with Gasteiger partial charge in [0.1, 0.15) is 0 Å². The highest BCUT2D eigenvalue weighted by Gasteiger charge is 2.27. The summed E-state index contributed by atoms with van der Waals surface area (Å²) in [6.07, 6.45) is 7.59. The minimum Gasteiger partial charge on any atom is -0.343 e. The quantitative estimate of drug-likeness (QED) is 0.855. The highest BCUT2D eigenvalue weighted by atomic mass is 32.1. The number of carbonyl (C=O) groups excluding carboxylic acids is 2. The van der Waals surface area contributed by atoms with Crippen molar-refractivity contribution >= 4 is 35.3 Å². The van der Waals surface area contributed by atoms with Crippen molar-refractivity contribution in [2.24, 2.45) is 5.92 Å². The van der Waals surface area contributed by atoms with E-state index in [1.54, 1.807) is 17.5 Å². The van der Waals surface area contributed by atoms with Crippen molar-refractivity contribution < 1.29 is 9.59 Å². The summed E-state index contributed by atoms with van der Waals surface area (Å²) in [4.78, 5) is 27.3. The number of hydrogen-bond donors (Lipinski definition) is 0. The van der Waals surface area contributed by atoms with Crippen LogP contribution in [0.4, 0.5) is 0 Å². The Morgan fingerprint density at radius 3 is 2.75 bits per heavy atom. The molecule has 0 atom stereocenters. The van der Waals surface area contributed by atoms with E-state index in [0.717, 1.165) is 10.6 Å². The van der Waals surface area contributed by atoms with Crippen molar-refractivity contribution in [2.75, 3.05) is 13.1 Å². The average molecular weight is 343 g/mol. The molecule has 126 valence electrons. The largest absolute Gasteiger partial charge is 0.343 e. The Bertz CT molecular complexity index is 725. The minimum atomic E-state index is -0.0556. The molecule has 0 aliphatic carbocycles. The molecule has 0 saturated carbocycles. The zero-order valence-electron chi connectivity index (χ0n) is 13.7. The molecular formula is C18H21N3O2S. The lowest BCUT2D eigenvalue weighted by molar-refractivity contribution is -0.132. The minimum absolute atomic E-state index is 0.0226. The van der Waals surface area contributed by atoms with Crippen LogP contribution in [0.15, 0.2) is 29.8 Å². The normalized spacial score (nSPS) is 16.0. The van der Waals surface area contributed by atoms with Crippen LogP contribution in [0.2, 0.25) is 0 Å². The van der Waals surface area contributed by atoms with Crippen LogP contribution in [-0.2, 0) is 4.79 Å². The fourth-order valence-corrected chi connectivity index (χ4v) is 3.51.